The van der Waals surface area contributed by atoms with Crippen LogP contribution in [0.3, 0.4) is 0 Å². The van der Waals surface area contributed by atoms with Gasteiger partial charge >= 0.3 is 0 Å². The molecule has 0 amide bonds. The first-order valence-corrected chi connectivity index (χ1v) is 8.04. The van der Waals surface area contributed by atoms with E-state index in [4.69, 9.17) is 4.74 Å². The molecule has 0 radical (unpaired) electrons. The molecule has 0 spiro atoms. The Morgan fingerprint density at radius 1 is 1.45 bits per heavy atom. The second kappa shape index (κ2) is 7.23. The van der Waals surface area contributed by atoms with E-state index in [2.05, 4.69) is 37.3 Å². The van der Waals surface area contributed by atoms with Crippen molar-refractivity contribution in [3.05, 3.63) is 17.5 Å². The smallest absolute Gasteiger partial charge is 0.0736 e. The highest BCUT2D eigenvalue weighted by molar-refractivity contribution is 5.12. The van der Waals surface area contributed by atoms with E-state index in [1.807, 2.05) is 11.7 Å². The van der Waals surface area contributed by atoms with Gasteiger partial charge in [0.1, 0.15) is 0 Å². The van der Waals surface area contributed by atoms with Crippen LogP contribution in [0.5, 0.6) is 0 Å². The van der Waals surface area contributed by atoms with Crippen LogP contribution in [0.2, 0.25) is 0 Å². The lowest BCUT2D eigenvalue weighted by molar-refractivity contribution is 0.0317. The van der Waals surface area contributed by atoms with E-state index in [9.17, 15) is 0 Å². The molecule has 2 rings (SSSR count). The minimum atomic E-state index is 0.344. The van der Waals surface area contributed by atoms with Crippen LogP contribution in [-0.2, 0) is 24.6 Å². The van der Waals surface area contributed by atoms with E-state index in [1.54, 1.807) is 0 Å². The average molecular weight is 279 g/mol. The zero-order valence-electron chi connectivity index (χ0n) is 13.4. The summed E-state index contributed by atoms with van der Waals surface area (Å²) in [7, 11) is 2.05. The monoisotopic (exact) mass is 279 g/mol. The van der Waals surface area contributed by atoms with Gasteiger partial charge < -0.3 is 10.1 Å². The molecule has 20 heavy (non-hydrogen) atoms. The third-order valence-corrected chi connectivity index (χ3v) is 4.19. The van der Waals surface area contributed by atoms with Crippen molar-refractivity contribution >= 4 is 0 Å². The molecule has 1 aliphatic heterocycles. The molecule has 3 unspecified atom stereocenters. The van der Waals surface area contributed by atoms with Crippen LogP contribution in [-0.4, -0.2) is 34.6 Å². The highest BCUT2D eigenvalue weighted by Crippen LogP contribution is 2.23. The molecule has 114 valence electrons. The Morgan fingerprint density at radius 2 is 2.25 bits per heavy atom. The summed E-state index contributed by atoms with van der Waals surface area (Å²) in [5, 5.41) is 8.22. The van der Waals surface area contributed by atoms with Crippen LogP contribution in [0.4, 0.5) is 0 Å². The molecule has 1 N–H and O–H groups in total. The first kappa shape index (κ1) is 15.5. The number of hydrogen-bond acceptors (Lipinski definition) is 3. The van der Waals surface area contributed by atoms with Gasteiger partial charge in [-0.1, -0.05) is 13.8 Å². The second-order valence-electron chi connectivity index (χ2n) is 5.93. The molecule has 0 aromatic carbocycles. The summed E-state index contributed by atoms with van der Waals surface area (Å²) in [5.74, 6) is 0. The normalized spacial score (nSPS) is 24.2. The van der Waals surface area contributed by atoms with Crippen LogP contribution in [0.25, 0.3) is 0 Å². The lowest BCUT2D eigenvalue weighted by Gasteiger charge is -2.25. The molecule has 1 aliphatic rings. The molecule has 3 atom stereocenters. The van der Waals surface area contributed by atoms with Crippen molar-refractivity contribution in [3.63, 3.8) is 0 Å². The van der Waals surface area contributed by atoms with Crippen molar-refractivity contribution < 1.29 is 4.74 Å². The average Bonchev–Trinajstić information content (AvgIpc) is 3.01. The zero-order chi connectivity index (χ0) is 14.5. The minimum absolute atomic E-state index is 0.344. The van der Waals surface area contributed by atoms with Gasteiger partial charge in [0, 0.05) is 25.2 Å². The Bertz CT molecular complexity index is 416. The minimum Gasteiger partial charge on any atom is -0.374 e. The highest BCUT2D eigenvalue weighted by atomic mass is 16.5. The molecule has 4 nitrogen and oxygen atoms in total. The molecule has 0 aliphatic carbocycles. The van der Waals surface area contributed by atoms with E-state index >= 15 is 0 Å². The molecular formula is C16H29N3O. The molecule has 4 heteroatoms. The second-order valence-corrected chi connectivity index (χ2v) is 5.93. The summed E-state index contributed by atoms with van der Waals surface area (Å²) < 4.78 is 8.10. The fourth-order valence-corrected chi connectivity index (χ4v) is 2.95. The molecule has 1 aromatic rings. The van der Waals surface area contributed by atoms with Gasteiger partial charge in [-0.3, -0.25) is 4.68 Å². The largest absolute Gasteiger partial charge is 0.374 e. The summed E-state index contributed by atoms with van der Waals surface area (Å²) in [6, 6.07) is 2.64. The van der Waals surface area contributed by atoms with Crippen molar-refractivity contribution in [1.29, 1.82) is 0 Å². The summed E-state index contributed by atoms with van der Waals surface area (Å²) in [5.41, 5.74) is 2.48. The third kappa shape index (κ3) is 3.83. The van der Waals surface area contributed by atoms with E-state index in [0.29, 0.717) is 18.2 Å². The molecule has 2 heterocycles. The molecular weight excluding hydrogens is 250 g/mol. The molecule has 0 bridgehead atoms. The summed E-state index contributed by atoms with van der Waals surface area (Å²) in [4.78, 5) is 0. The first-order valence-electron chi connectivity index (χ1n) is 8.04. The van der Waals surface area contributed by atoms with Crippen LogP contribution in [0.15, 0.2) is 6.07 Å². The van der Waals surface area contributed by atoms with Gasteiger partial charge in [0.2, 0.25) is 0 Å². The summed E-state index contributed by atoms with van der Waals surface area (Å²) >= 11 is 0. The summed E-state index contributed by atoms with van der Waals surface area (Å²) in [6.07, 6.45) is 6.25. The van der Waals surface area contributed by atoms with Crippen molar-refractivity contribution in [2.24, 2.45) is 7.05 Å². The maximum atomic E-state index is 6.07. The number of aromatic nitrogens is 2. The van der Waals surface area contributed by atoms with E-state index in [0.717, 1.165) is 25.8 Å². The van der Waals surface area contributed by atoms with Crippen LogP contribution >= 0.6 is 0 Å². The maximum Gasteiger partial charge on any atom is 0.0736 e. The van der Waals surface area contributed by atoms with Gasteiger partial charge in [0.05, 0.1) is 17.9 Å². The van der Waals surface area contributed by atoms with Gasteiger partial charge in [-0.2, -0.15) is 5.10 Å². The highest BCUT2D eigenvalue weighted by Gasteiger charge is 2.30. The Balaban J connectivity index is 2.04. The maximum absolute atomic E-state index is 6.07. The number of hydrogen-bond donors (Lipinski definition) is 1. The number of aryl methyl sites for hydroxylation is 2. The van der Waals surface area contributed by atoms with Gasteiger partial charge in [-0.05, 0) is 45.2 Å². The molecule has 1 aromatic heterocycles. The lowest BCUT2D eigenvalue weighted by atomic mass is 10.0. The van der Waals surface area contributed by atoms with Crippen molar-refractivity contribution in [2.75, 3.05) is 6.54 Å². The van der Waals surface area contributed by atoms with Crippen molar-refractivity contribution in [2.45, 2.75) is 71.1 Å². The van der Waals surface area contributed by atoms with E-state index in [1.165, 1.54) is 24.2 Å². The fraction of sp³-hybridized carbons (Fsp3) is 0.812. The van der Waals surface area contributed by atoms with Gasteiger partial charge in [-0.25, -0.2) is 0 Å². The molecule has 1 fully saturated rings. The Labute approximate surface area is 122 Å². The predicted octanol–water partition coefficient (Wildman–Crippen LogP) is 2.46. The van der Waals surface area contributed by atoms with Crippen LogP contribution in [0.1, 0.15) is 51.4 Å². The summed E-state index contributed by atoms with van der Waals surface area (Å²) in [6.45, 7) is 7.59. The van der Waals surface area contributed by atoms with Gasteiger partial charge in [0.15, 0.2) is 0 Å². The number of nitrogens with one attached hydrogen (secondary N) is 1. The number of nitrogens with zero attached hydrogens (tertiary/aromatic N) is 2. The number of ether oxygens (including phenoxy) is 1. The molecule has 0 saturated carbocycles. The Hall–Kier alpha value is -0.870. The topological polar surface area (TPSA) is 39.1 Å². The zero-order valence-corrected chi connectivity index (χ0v) is 13.4. The first-order chi connectivity index (χ1) is 9.63. The van der Waals surface area contributed by atoms with Crippen LogP contribution < -0.4 is 5.32 Å². The lowest BCUT2D eigenvalue weighted by Crippen LogP contribution is -2.42. The van der Waals surface area contributed by atoms with Crippen molar-refractivity contribution in [1.82, 2.24) is 15.1 Å². The fourth-order valence-electron chi connectivity index (χ4n) is 2.95. The number of rotatable bonds is 7. The standard InChI is InChI=1S/C16H29N3O/c1-5-9-17-15(16-8-7-12(3)20-16)11-14-10-13(6-2)18-19(14)4/h10,12,15-17H,5-9,11H2,1-4H3. The van der Waals surface area contributed by atoms with Crippen LogP contribution in [0, 0.1) is 0 Å². The Kier molecular flexibility index (Phi) is 5.61. The Morgan fingerprint density at radius 3 is 2.80 bits per heavy atom. The van der Waals surface area contributed by atoms with Crippen molar-refractivity contribution in [3.8, 4) is 0 Å². The van der Waals surface area contributed by atoms with Gasteiger partial charge in [0.25, 0.3) is 0 Å². The molecule has 1 saturated heterocycles. The van der Waals surface area contributed by atoms with E-state index < -0.39 is 0 Å². The van der Waals surface area contributed by atoms with Gasteiger partial charge in [-0.15, -0.1) is 0 Å². The quantitative estimate of drug-likeness (QED) is 0.833. The van der Waals surface area contributed by atoms with E-state index in [-0.39, 0.29) is 0 Å². The third-order valence-electron chi connectivity index (χ3n) is 4.19. The SMILES string of the molecule is CCCNC(Cc1cc(CC)nn1C)C1CCC(C)O1. The predicted molar refractivity (Wildman–Crippen MR) is 81.9 cm³/mol.